The zero-order chi connectivity index (χ0) is 26.3. The van der Waals surface area contributed by atoms with Gasteiger partial charge in [-0.2, -0.15) is 0 Å². The highest BCUT2D eigenvalue weighted by Crippen LogP contribution is 2.40. The van der Waals surface area contributed by atoms with Crippen molar-refractivity contribution in [3.8, 4) is 11.8 Å². The summed E-state index contributed by atoms with van der Waals surface area (Å²) < 4.78 is 73.6. The average Bonchev–Trinajstić information content (AvgIpc) is 2.77. The summed E-state index contributed by atoms with van der Waals surface area (Å²) in [5.74, 6) is 3.46. The molecular weight excluding hydrogens is 326 g/mol. The van der Waals surface area contributed by atoms with Crippen LogP contribution >= 0.6 is 0 Å². The number of hydrogen-bond acceptors (Lipinski definition) is 4. The van der Waals surface area contributed by atoms with Crippen LogP contribution in [0.5, 0.6) is 0 Å². The number of hydrogen-bond donors (Lipinski definition) is 1. The Morgan fingerprint density at radius 1 is 1.31 bits per heavy atom. The van der Waals surface area contributed by atoms with Gasteiger partial charge in [0.05, 0.1) is 9.24 Å². The summed E-state index contributed by atoms with van der Waals surface area (Å²) >= 11 is 0. The molecule has 1 aromatic carbocycles. The first-order valence-corrected chi connectivity index (χ1v) is 8.83. The maximum Gasteiger partial charge on any atom is 0.344 e. The summed E-state index contributed by atoms with van der Waals surface area (Å²) in [7, 11) is 0. The predicted molar refractivity (Wildman–Crippen MR) is 103 cm³/mol. The Kier molecular flexibility index (Phi) is 4.42. The SMILES string of the molecule is [2H]OC(C(=O)OCC#CC([2H])([2H])N(CC([2H])([2H])[2H])CC([2H])([2H])[2H])(c1ccccc1)C1CCCCC1. The van der Waals surface area contributed by atoms with Crippen molar-refractivity contribution in [3.63, 3.8) is 0 Å². The molecule has 1 aromatic rings. The molecule has 26 heavy (non-hydrogen) atoms. The second-order valence-electron chi connectivity index (χ2n) is 6.28. The number of benzene rings is 1. The Morgan fingerprint density at radius 2 is 2.04 bits per heavy atom. The van der Waals surface area contributed by atoms with E-state index in [1.165, 1.54) is 0 Å². The molecular formula is C22H31NO3. The van der Waals surface area contributed by atoms with Gasteiger partial charge in [-0.25, -0.2) is 4.79 Å². The van der Waals surface area contributed by atoms with Gasteiger partial charge < -0.3 is 9.85 Å². The molecule has 1 saturated carbocycles. The molecule has 0 bridgehead atoms. The highest BCUT2D eigenvalue weighted by Gasteiger charge is 2.46. The normalized spacial score (nSPS) is 23.8. The van der Waals surface area contributed by atoms with Crippen molar-refractivity contribution in [3.05, 3.63) is 35.9 Å². The summed E-state index contributed by atoms with van der Waals surface area (Å²) in [4.78, 5) is 13.9. The van der Waals surface area contributed by atoms with E-state index in [0.29, 0.717) is 23.3 Å². The van der Waals surface area contributed by atoms with E-state index in [1.807, 2.05) is 0 Å². The van der Waals surface area contributed by atoms with Gasteiger partial charge >= 0.3 is 5.97 Å². The molecule has 0 spiro atoms. The standard InChI is InChI=1S/C22H31NO3/c1-3-23(4-2)17-11-12-18-26-21(24)22(25,19-13-7-5-8-14-19)20-15-9-6-10-16-20/h5,7-8,13-14,20,25H,3-4,6,9-10,15-18H2,1-2H3/i1D3,2D3,17D2,25D. The topological polar surface area (TPSA) is 49.8 Å². The Labute approximate surface area is 170 Å². The van der Waals surface area contributed by atoms with Crippen molar-refractivity contribution in [2.45, 2.75) is 51.4 Å². The minimum atomic E-state index is -2.60. The van der Waals surface area contributed by atoms with Crippen molar-refractivity contribution >= 4 is 5.97 Å². The summed E-state index contributed by atoms with van der Waals surface area (Å²) in [5.41, 5.74) is -1.17. The number of carbonyl (C=O) groups is 1. The molecule has 2 rings (SSSR count). The molecule has 1 N–H and O–H groups in total. The van der Waals surface area contributed by atoms with Gasteiger partial charge in [0.2, 0.25) is 1.43 Å². The minimum absolute atomic E-state index is 0.280. The predicted octanol–water partition coefficient (Wildman–Crippen LogP) is 3.34. The lowest BCUT2D eigenvalue weighted by Crippen LogP contribution is -2.45. The largest absolute Gasteiger partial charge is 0.450 e. The first-order valence-electron chi connectivity index (χ1n) is 13.2. The highest BCUT2D eigenvalue weighted by molar-refractivity contribution is 5.81. The fourth-order valence-electron chi connectivity index (χ4n) is 3.21. The van der Waals surface area contributed by atoms with Crippen LogP contribution in [0.25, 0.3) is 0 Å². The van der Waals surface area contributed by atoms with Crippen LogP contribution in [0.2, 0.25) is 0 Å². The van der Waals surface area contributed by atoms with Crippen molar-refractivity contribution in [2.75, 3.05) is 26.2 Å². The number of carbonyl (C=O) groups excluding carboxylic acids is 1. The Bertz CT molecular complexity index is 871. The van der Waals surface area contributed by atoms with Gasteiger partial charge in [0.25, 0.3) is 0 Å². The van der Waals surface area contributed by atoms with E-state index < -0.39 is 51.5 Å². The van der Waals surface area contributed by atoms with E-state index in [2.05, 4.69) is 11.8 Å². The van der Waals surface area contributed by atoms with E-state index in [9.17, 15) is 4.79 Å². The van der Waals surface area contributed by atoms with Gasteiger partial charge in [0.15, 0.2) is 12.2 Å². The van der Waals surface area contributed by atoms with Gasteiger partial charge in [0.1, 0.15) is 0 Å². The Morgan fingerprint density at radius 3 is 2.69 bits per heavy atom. The maximum atomic E-state index is 13.2. The zero-order valence-electron chi connectivity index (χ0n) is 23.8. The molecule has 0 aromatic heterocycles. The Balaban J connectivity index is 2.22. The van der Waals surface area contributed by atoms with Crippen LogP contribution in [0, 0.1) is 17.8 Å². The van der Waals surface area contributed by atoms with Crippen LogP contribution in [0.15, 0.2) is 30.3 Å². The third-order valence-corrected chi connectivity index (χ3v) is 4.65. The van der Waals surface area contributed by atoms with E-state index in [-0.39, 0.29) is 5.92 Å². The lowest BCUT2D eigenvalue weighted by molar-refractivity contribution is -0.174. The molecule has 1 fully saturated rings. The van der Waals surface area contributed by atoms with Gasteiger partial charge in [-0.1, -0.05) is 75.1 Å². The van der Waals surface area contributed by atoms with E-state index in [4.69, 9.17) is 22.2 Å². The lowest BCUT2D eigenvalue weighted by Gasteiger charge is -2.36. The molecule has 1 unspecified atom stereocenters. The van der Waals surface area contributed by atoms with Crippen LogP contribution in [-0.4, -0.2) is 43.6 Å². The number of aliphatic hydroxyl groups is 1. The van der Waals surface area contributed by atoms with Crippen LogP contribution in [0.1, 0.15) is 62.3 Å². The number of esters is 1. The third-order valence-electron chi connectivity index (χ3n) is 4.65. The molecule has 1 aliphatic rings. The first-order chi connectivity index (χ1) is 16.2. The van der Waals surface area contributed by atoms with Gasteiger partial charge in [-0.3, -0.25) is 4.90 Å². The van der Waals surface area contributed by atoms with Crippen LogP contribution < -0.4 is 0 Å². The first kappa shape index (κ1) is 11.1. The van der Waals surface area contributed by atoms with Gasteiger partial charge in [-0.05, 0) is 31.5 Å². The molecule has 4 heteroatoms. The van der Waals surface area contributed by atoms with Gasteiger partial charge in [-0.15, -0.1) is 0 Å². The molecule has 1 atom stereocenters. The van der Waals surface area contributed by atoms with Crippen molar-refractivity contribution in [1.82, 2.24) is 4.90 Å². The molecule has 1 aliphatic carbocycles. The fourth-order valence-corrected chi connectivity index (χ4v) is 3.21. The zero-order valence-corrected chi connectivity index (χ0v) is 14.8. The molecule has 0 saturated heterocycles. The summed E-state index contributed by atoms with van der Waals surface area (Å²) in [6.07, 6.45) is 4.15. The molecule has 142 valence electrons. The fraction of sp³-hybridized carbons (Fsp3) is 0.591. The van der Waals surface area contributed by atoms with Crippen LogP contribution in [-0.2, 0) is 15.1 Å². The highest BCUT2D eigenvalue weighted by atomic mass is 16.5. The molecule has 0 radical (unpaired) electrons. The average molecular weight is 367 g/mol. The van der Waals surface area contributed by atoms with E-state index in [1.54, 1.807) is 30.3 Å². The van der Waals surface area contributed by atoms with E-state index in [0.717, 1.165) is 19.3 Å². The third kappa shape index (κ3) is 5.09. The number of nitrogens with zero attached hydrogens (tertiary/aromatic N) is 1. The van der Waals surface area contributed by atoms with Gasteiger partial charge in [0, 0.05) is 14.1 Å². The molecule has 0 aliphatic heterocycles. The van der Waals surface area contributed by atoms with Crippen LogP contribution in [0.4, 0.5) is 0 Å². The summed E-state index contributed by atoms with van der Waals surface area (Å²) in [5, 5.41) is 5.09. The quantitative estimate of drug-likeness (QED) is 0.566. The van der Waals surface area contributed by atoms with Crippen molar-refractivity contribution in [1.29, 1.82) is 1.43 Å². The van der Waals surface area contributed by atoms with Crippen molar-refractivity contribution < 1.29 is 25.6 Å². The summed E-state index contributed by atoms with van der Waals surface area (Å²) in [6, 6.07) is 8.63. The Hall–Kier alpha value is -1.83. The molecule has 0 amide bonds. The summed E-state index contributed by atoms with van der Waals surface area (Å²) in [6.45, 7) is -9.99. The van der Waals surface area contributed by atoms with Crippen LogP contribution in [0.3, 0.4) is 0 Å². The molecule has 0 heterocycles. The van der Waals surface area contributed by atoms with E-state index >= 15 is 0 Å². The van der Waals surface area contributed by atoms with Crippen molar-refractivity contribution in [2.24, 2.45) is 5.92 Å². The monoisotopic (exact) mass is 366 g/mol. The minimum Gasteiger partial charge on any atom is -0.450 e. The number of rotatable bonds is 8. The maximum absolute atomic E-state index is 13.2. The molecule has 4 nitrogen and oxygen atoms in total. The second kappa shape index (κ2) is 10.4. The number of ether oxygens (including phenoxy) is 1. The smallest absolute Gasteiger partial charge is 0.344 e. The lowest BCUT2D eigenvalue weighted by atomic mass is 9.73. The second-order valence-corrected chi connectivity index (χ2v) is 6.28.